The Morgan fingerprint density at radius 1 is 1.25 bits per heavy atom. The number of nitrogen functional groups attached to an aromatic ring is 1. The molecular formula is C14H11ClF2N2O. The predicted octanol–water partition coefficient (Wildman–Crippen LogP) is 3.76. The topological polar surface area (TPSA) is 55.1 Å². The lowest BCUT2D eigenvalue weighted by Gasteiger charge is -2.09. The number of amides is 1. The highest BCUT2D eigenvalue weighted by atomic mass is 35.5. The van der Waals surface area contributed by atoms with Gasteiger partial charge < -0.3 is 11.1 Å². The minimum atomic E-state index is -1.08. The molecule has 3 N–H and O–H groups in total. The summed E-state index contributed by atoms with van der Waals surface area (Å²) < 4.78 is 27.3. The van der Waals surface area contributed by atoms with E-state index in [0.29, 0.717) is 10.7 Å². The average molecular weight is 297 g/mol. The van der Waals surface area contributed by atoms with E-state index in [4.69, 9.17) is 17.3 Å². The Hall–Kier alpha value is -2.14. The van der Waals surface area contributed by atoms with Crippen molar-refractivity contribution in [1.82, 2.24) is 0 Å². The predicted molar refractivity (Wildman–Crippen MR) is 74.9 cm³/mol. The van der Waals surface area contributed by atoms with Gasteiger partial charge in [0.2, 0.25) is 0 Å². The summed E-state index contributed by atoms with van der Waals surface area (Å²) in [6, 6.07) is 6.77. The van der Waals surface area contributed by atoms with Gasteiger partial charge in [0.15, 0.2) is 5.82 Å². The summed E-state index contributed by atoms with van der Waals surface area (Å²) in [5.41, 5.74) is 5.47. The van der Waals surface area contributed by atoms with E-state index in [-0.39, 0.29) is 5.69 Å². The van der Waals surface area contributed by atoms with E-state index in [2.05, 4.69) is 5.32 Å². The fourth-order valence-corrected chi connectivity index (χ4v) is 1.82. The van der Waals surface area contributed by atoms with Crippen LogP contribution < -0.4 is 11.1 Å². The van der Waals surface area contributed by atoms with Crippen LogP contribution in [-0.4, -0.2) is 5.91 Å². The number of hydrogen-bond acceptors (Lipinski definition) is 2. The molecule has 0 atom stereocenters. The molecule has 104 valence electrons. The van der Waals surface area contributed by atoms with Gasteiger partial charge in [-0.1, -0.05) is 17.7 Å². The normalized spacial score (nSPS) is 10.4. The van der Waals surface area contributed by atoms with E-state index in [1.165, 1.54) is 6.07 Å². The summed E-state index contributed by atoms with van der Waals surface area (Å²) in [4.78, 5) is 11.9. The van der Waals surface area contributed by atoms with Gasteiger partial charge in [-0.25, -0.2) is 8.78 Å². The highest BCUT2D eigenvalue weighted by Gasteiger charge is 2.19. The zero-order valence-electron chi connectivity index (χ0n) is 10.5. The second kappa shape index (κ2) is 5.46. The molecular weight excluding hydrogens is 286 g/mol. The molecule has 0 aliphatic heterocycles. The quantitative estimate of drug-likeness (QED) is 0.829. The fraction of sp³-hybridized carbons (Fsp3) is 0.0714. The Balaban J connectivity index is 2.33. The number of nitrogens with two attached hydrogens (primary N) is 1. The summed E-state index contributed by atoms with van der Waals surface area (Å²) in [6.07, 6.45) is 0. The van der Waals surface area contributed by atoms with Gasteiger partial charge in [0.25, 0.3) is 5.91 Å². The standard InChI is InChI=1S/C14H11ClF2N2O/c1-7-2-3-8(6-9(7)15)19-14(20)12-10(16)4-5-11(18)13(12)17/h2-6H,18H2,1H3,(H,19,20). The van der Waals surface area contributed by atoms with Crippen LogP contribution in [0.15, 0.2) is 30.3 Å². The van der Waals surface area contributed by atoms with Crippen LogP contribution in [0.25, 0.3) is 0 Å². The molecule has 3 nitrogen and oxygen atoms in total. The number of carbonyl (C=O) groups excluding carboxylic acids is 1. The summed E-state index contributed by atoms with van der Waals surface area (Å²) in [5.74, 6) is -2.99. The molecule has 0 spiro atoms. The highest BCUT2D eigenvalue weighted by Crippen LogP contribution is 2.23. The molecule has 20 heavy (non-hydrogen) atoms. The zero-order valence-corrected chi connectivity index (χ0v) is 11.3. The van der Waals surface area contributed by atoms with Crippen molar-refractivity contribution < 1.29 is 13.6 Å². The van der Waals surface area contributed by atoms with Crippen LogP contribution in [0, 0.1) is 18.6 Å². The van der Waals surface area contributed by atoms with Crippen LogP contribution >= 0.6 is 11.6 Å². The smallest absolute Gasteiger partial charge is 0.261 e. The summed E-state index contributed by atoms with van der Waals surface area (Å²) in [6.45, 7) is 1.80. The maximum Gasteiger partial charge on any atom is 0.261 e. The van der Waals surface area contributed by atoms with Crippen LogP contribution in [0.4, 0.5) is 20.2 Å². The van der Waals surface area contributed by atoms with Crippen molar-refractivity contribution in [3.8, 4) is 0 Å². The molecule has 0 heterocycles. The third-order valence-corrected chi connectivity index (χ3v) is 3.18. The van der Waals surface area contributed by atoms with Crippen molar-refractivity contribution in [1.29, 1.82) is 0 Å². The molecule has 0 saturated heterocycles. The van der Waals surface area contributed by atoms with Crippen LogP contribution in [0.3, 0.4) is 0 Å². The number of halogens is 3. The average Bonchev–Trinajstić information content (AvgIpc) is 2.39. The third kappa shape index (κ3) is 2.72. The lowest BCUT2D eigenvalue weighted by molar-refractivity contribution is 0.101. The first-order valence-corrected chi connectivity index (χ1v) is 6.09. The van der Waals surface area contributed by atoms with Gasteiger partial charge >= 0.3 is 0 Å². The maximum absolute atomic E-state index is 13.7. The van der Waals surface area contributed by atoms with E-state index in [9.17, 15) is 13.6 Å². The summed E-state index contributed by atoms with van der Waals surface area (Å²) in [7, 11) is 0. The van der Waals surface area contributed by atoms with Gasteiger partial charge in [0.05, 0.1) is 5.69 Å². The van der Waals surface area contributed by atoms with Gasteiger partial charge in [-0.2, -0.15) is 0 Å². The van der Waals surface area contributed by atoms with Gasteiger partial charge in [-0.05, 0) is 36.8 Å². The molecule has 0 saturated carbocycles. The van der Waals surface area contributed by atoms with Crippen molar-refractivity contribution >= 4 is 28.9 Å². The van der Waals surface area contributed by atoms with Crippen molar-refractivity contribution in [3.63, 3.8) is 0 Å². The second-order valence-electron chi connectivity index (χ2n) is 4.24. The molecule has 0 radical (unpaired) electrons. The maximum atomic E-state index is 13.7. The minimum Gasteiger partial charge on any atom is -0.396 e. The Morgan fingerprint density at radius 3 is 2.60 bits per heavy atom. The largest absolute Gasteiger partial charge is 0.396 e. The second-order valence-corrected chi connectivity index (χ2v) is 4.65. The number of nitrogens with one attached hydrogen (secondary N) is 1. The first-order chi connectivity index (χ1) is 9.40. The van der Waals surface area contributed by atoms with E-state index in [1.54, 1.807) is 19.1 Å². The first kappa shape index (κ1) is 14.3. The lowest BCUT2D eigenvalue weighted by Crippen LogP contribution is -2.16. The van der Waals surface area contributed by atoms with Gasteiger partial charge in [0.1, 0.15) is 11.4 Å². The highest BCUT2D eigenvalue weighted by molar-refractivity contribution is 6.31. The van der Waals surface area contributed by atoms with Gasteiger partial charge in [0, 0.05) is 10.7 Å². The molecule has 2 rings (SSSR count). The third-order valence-electron chi connectivity index (χ3n) is 2.78. The van der Waals surface area contributed by atoms with Gasteiger partial charge in [-0.3, -0.25) is 4.79 Å². The minimum absolute atomic E-state index is 0.293. The molecule has 1 amide bonds. The van der Waals surface area contributed by atoms with E-state index < -0.39 is 23.1 Å². The van der Waals surface area contributed by atoms with Crippen LogP contribution in [0.1, 0.15) is 15.9 Å². The van der Waals surface area contributed by atoms with Crippen molar-refractivity contribution in [3.05, 3.63) is 58.1 Å². The monoisotopic (exact) mass is 296 g/mol. The van der Waals surface area contributed by atoms with Crippen LogP contribution in [0.2, 0.25) is 5.02 Å². The number of rotatable bonds is 2. The number of benzene rings is 2. The molecule has 0 unspecified atom stereocenters. The number of anilines is 2. The molecule has 6 heteroatoms. The Labute approximate surface area is 119 Å². The molecule has 0 aliphatic carbocycles. The van der Waals surface area contributed by atoms with Crippen molar-refractivity contribution in [2.45, 2.75) is 6.92 Å². The summed E-state index contributed by atoms with van der Waals surface area (Å²) in [5, 5.41) is 2.82. The zero-order chi connectivity index (χ0) is 14.9. The van der Waals surface area contributed by atoms with Crippen molar-refractivity contribution in [2.24, 2.45) is 0 Å². The van der Waals surface area contributed by atoms with E-state index in [0.717, 1.165) is 17.7 Å². The lowest BCUT2D eigenvalue weighted by atomic mass is 10.1. The first-order valence-electron chi connectivity index (χ1n) is 5.71. The Bertz CT molecular complexity index is 689. The van der Waals surface area contributed by atoms with E-state index >= 15 is 0 Å². The molecule has 2 aromatic carbocycles. The Morgan fingerprint density at radius 2 is 1.95 bits per heavy atom. The van der Waals surface area contributed by atoms with E-state index in [1.807, 2.05) is 0 Å². The molecule has 0 aliphatic rings. The number of aryl methyl sites for hydroxylation is 1. The van der Waals surface area contributed by atoms with Gasteiger partial charge in [-0.15, -0.1) is 0 Å². The fourth-order valence-electron chi connectivity index (χ4n) is 1.64. The molecule has 2 aromatic rings. The van der Waals surface area contributed by atoms with Crippen molar-refractivity contribution in [2.75, 3.05) is 11.1 Å². The SMILES string of the molecule is Cc1ccc(NC(=O)c2c(F)ccc(N)c2F)cc1Cl. The van der Waals surface area contributed by atoms with Crippen LogP contribution in [0.5, 0.6) is 0 Å². The Kier molecular flexibility index (Phi) is 3.90. The molecule has 0 fully saturated rings. The number of carbonyl (C=O) groups is 1. The van der Waals surface area contributed by atoms with Crippen LogP contribution in [-0.2, 0) is 0 Å². The molecule has 0 aromatic heterocycles. The summed E-state index contributed by atoms with van der Waals surface area (Å²) >= 11 is 5.91. The molecule has 0 bridgehead atoms. The number of hydrogen-bond donors (Lipinski definition) is 2.